The lowest BCUT2D eigenvalue weighted by atomic mass is 10.2. The topological polar surface area (TPSA) is 18.5 Å². The summed E-state index contributed by atoms with van der Waals surface area (Å²) in [4.78, 5) is 0. The van der Waals surface area contributed by atoms with Crippen molar-refractivity contribution in [2.45, 2.75) is 20.5 Å². The molecule has 0 spiro atoms. The standard InChI is InChI=1S/C13H18O2/c1-11(9-14-3)12(2)15-10-13-7-5-4-6-8-13/h4-8H,9-10H2,1-3H3. The van der Waals surface area contributed by atoms with Crippen LogP contribution in [0, 0.1) is 0 Å². The first-order valence-corrected chi connectivity index (χ1v) is 5.06. The quantitative estimate of drug-likeness (QED) is 0.689. The van der Waals surface area contributed by atoms with Crippen molar-refractivity contribution in [3.63, 3.8) is 0 Å². The minimum absolute atomic E-state index is 0.619. The van der Waals surface area contributed by atoms with E-state index in [0.29, 0.717) is 13.2 Å². The highest BCUT2D eigenvalue weighted by atomic mass is 16.5. The van der Waals surface area contributed by atoms with E-state index in [4.69, 9.17) is 9.47 Å². The first-order valence-electron chi connectivity index (χ1n) is 5.06. The van der Waals surface area contributed by atoms with Crippen molar-refractivity contribution in [2.75, 3.05) is 13.7 Å². The highest BCUT2D eigenvalue weighted by Crippen LogP contribution is 2.09. The molecule has 0 heterocycles. The van der Waals surface area contributed by atoms with Crippen molar-refractivity contribution in [1.29, 1.82) is 0 Å². The van der Waals surface area contributed by atoms with Crippen LogP contribution in [0.15, 0.2) is 41.7 Å². The lowest BCUT2D eigenvalue weighted by Crippen LogP contribution is -1.98. The van der Waals surface area contributed by atoms with Crippen LogP contribution in [-0.2, 0) is 16.1 Å². The second kappa shape index (κ2) is 6.25. The van der Waals surface area contributed by atoms with Crippen LogP contribution >= 0.6 is 0 Å². The number of hydrogen-bond donors (Lipinski definition) is 0. The molecule has 0 amide bonds. The number of rotatable bonds is 5. The summed E-state index contributed by atoms with van der Waals surface area (Å²) in [7, 11) is 1.69. The SMILES string of the molecule is COCC(C)=C(C)OCc1ccccc1. The van der Waals surface area contributed by atoms with Crippen molar-refractivity contribution in [3.8, 4) is 0 Å². The molecule has 0 aliphatic rings. The van der Waals surface area contributed by atoms with Crippen LogP contribution in [0.5, 0.6) is 0 Å². The molecule has 1 aromatic carbocycles. The average Bonchev–Trinajstić information content (AvgIpc) is 2.27. The maximum Gasteiger partial charge on any atom is 0.113 e. The number of allylic oxidation sites excluding steroid dienone is 1. The van der Waals surface area contributed by atoms with E-state index in [0.717, 1.165) is 11.3 Å². The maximum absolute atomic E-state index is 5.64. The van der Waals surface area contributed by atoms with Gasteiger partial charge in [0, 0.05) is 7.11 Å². The van der Waals surface area contributed by atoms with Gasteiger partial charge in [0.05, 0.1) is 12.4 Å². The number of methoxy groups -OCH3 is 1. The Morgan fingerprint density at radius 1 is 1.13 bits per heavy atom. The summed E-state index contributed by atoms with van der Waals surface area (Å²) in [5.74, 6) is 0.945. The van der Waals surface area contributed by atoms with E-state index < -0.39 is 0 Å². The Hall–Kier alpha value is -1.28. The van der Waals surface area contributed by atoms with Gasteiger partial charge >= 0.3 is 0 Å². The molecule has 0 aliphatic heterocycles. The fourth-order valence-electron chi connectivity index (χ4n) is 1.21. The molecule has 0 N–H and O–H groups in total. The number of ether oxygens (including phenoxy) is 2. The summed E-state index contributed by atoms with van der Waals surface area (Å²) >= 11 is 0. The summed E-state index contributed by atoms with van der Waals surface area (Å²) in [6.45, 7) is 5.23. The molecule has 15 heavy (non-hydrogen) atoms. The normalized spacial score (nSPS) is 12.2. The number of hydrogen-bond acceptors (Lipinski definition) is 2. The highest BCUT2D eigenvalue weighted by Gasteiger charge is 1.98. The molecule has 0 saturated carbocycles. The van der Waals surface area contributed by atoms with Crippen LogP contribution in [0.3, 0.4) is 0 Å². The van der Waals surface area contributed by atoms with Gasteiger partial charge in [-0.1, -0.05) is 30.3 Å². The van der Waals surface area contributed by atoms with E-state index in [-0.39, 0.29) is 0 Å². The van der Waals surface area contributed by atoms with Crippen LogP contribution in [-0.4, -0.2) is 13.7 Å². The lowest BCUT2D eigenvalue weighted by Gasteiger charge is -2.09. The Labute approximate surface area is 91.5 Å². The van der Waals surface area contributed by atoms with E-state index in [2.05, 4.69) is 12.1 Å². The Morgan fingerprint density at radius 2 is 1.80 bits per heavy atom. The summed E-state index contributed by atoms with van der Waals surface area (Å²) < 4.78 is 10.7. The Kier molecular flexibility index (Phi) is 4.91. The predicted octanol–water partition coefficient (Wildman–Crippen LogP) is 3.14. The fraction of sp³-hybridized carbons (Fsp3) is 0.385. The lowest BCUT2D eigenvalue weighted by molar-refractivity contribution is 0.180. The molecule has 0 fully saturated rings. The van der Waals surface area contributed by atoms with Gasteiger partial charge in [-0.15, -0.1) is 0 Å². The molecular formula is C13H18O2. The molecule has 1 aromatic rings. The van der Waals surface area contributed by atoms with Crippen LogP contribution in [0.25, 0.3) is 0 Å². The van der Waals surface area contributed by atoms with Crippen molar-refractivity contribution in [2.24, 2.45) is 0 Å². The number of benzene rings is 1. The van der Waals surface area contributed by atoms with E-state index in [1.807, 2.05) is 32.0 Å². The van der Waals surface area contributed by atoms with Crippen LogP contribution in [0.1, 0.15) is 19.4 Å². The van der Waals surface area contributed by atoms with Crippen LogP contribution in [0.4, 0.5) is 0 Å². The van der Waals surface area contributed by atoms with Crippen molar-refractivity contribution in [3.05, 3.63) is 47.2 Å². The Morgan fingerprint density at radius 3 is 2.40 bits per heavy atom. The largest absolute Gasteiger partial charge is 0.494 e. The van der Waals surface area contributed by atoms with Gasteiger partial charge in [0.1, 0.15) is 6.61 Å². The van der Waals surface area contributed by atoms with Crippen molar-refractivity contribution >= 4 is 0 Å². The molecule has 0 saturated heterocycles. The summed E-state index contributed by atoms with van der Waals surface area (Å²) in [6, 6.07) is 10.1. The Bertz CT molecular complexity index is 315. The third kappa shape index (κ3) is 4.17. The van der Waals surface area contributed by atoms with Crippen molar-refractivity contribution in [1.82, 2.24) is 0 Å². The smallest absolute Gasteiger partial charge is 0.113 e. The van der Waals surface area contributed by atoms with E-state index in [1.54, 1.807) is 7.11 Å². The Balaban J connectivity index is 2.47. The zero-order chi connectivity index (χ0) is 11.1. The monoisotopic (exact) mass is 206 g/mol. The second-order valence-corrected chi connectivity index (χ2v) is 3.54. The molecule has 1 rings (SSSR count). The van der Waals surface area contributed by atoms with Crippen molar-refractivity contribution < 1.29 is 9.47 Å². The van der Waals surface area contributed by atoms with Gasteiger partial charge in [-0.3, -0.25) is 0 Å². The molecule has 0 aliphatic carbocycles. The predicted molar refractivity (Wildman–Crippen MR) is 61.5 cm³/mol. The van der Waals surface area contributed by atoms with Gasteiger partial charge in [-0.25, -0.2) is 0 Å². The van der Waals surface area contributed by atoms with Gasteiger partial charge in [-0.2, -0.15) is 0 Å². The van der Waals surface area contributed by atoms with Gasteiger partial charge in [0.25, 0.3) is 0 Å². The molecular weight excluding hydrogens is 188 g/mol. The summed E-state index contributed by atoms with van der Waals surface area (Å²) in [6.07, 6.45) is 0. The van der Waals surface area contributed by atoms with E-state index in [9.17, 15) is 0 Å². The third-order valence-electron chi connectivity index (χ3n) is 2.26. The van der Waals surface area contributed by atoms with Gasteiger partial charge in [0.2, 0.25) is 0 Å². The minimum Gasteiger partial charge on any atom is -0.494 e. The summed E-state index contributed by atoms with van der Waals surface area (Å²) in [5.41, 5.74) is 2.32. The maximum atomic E-state index is 5.64. The highest BCUT2D eigenvalue weighted by molar-refractivity contribution is 5.14. The third-order valence-corrected chi connectivity index (χ3v) is 2.26. The molecule has 0 atom stereocenters. The molecule has 2 nitrogen and oxygen atoms in total. The van der Waals surface area contributed by atoms with Crippen LogP contribution < -0.4 is 0 Å². The molecule has 0 bridgehead atoms. The molecule has 82 valence electrons. The minimum atomic E-state index is 0.619. The van der Waals surface area contributed by atoms with E-state index in [1.165, 1.54) is 5.56 Å². The zero-order valence-corrected chi connectivity index (χ0v) is 9.62. The second-order valence-electron chi connectivity index (χ2n) is 3.54. The summed E-state index contributed by atoms with van der Waals surface area (Å²) in [5, 5.41) is 0. The molecule has 0 unspecified atom stereocenters. The average molecular weight is 206 g/mol. The first-order chi connectivity index (χ1) is 7.24. The first kappa shape index (κ1) is 11.8. The van der Waals surface area contributed by atoms with Crippen LogP contribution in [0.2, 0.25) is 0 Å². The van der Waals surface area contributed by atoms with E-state index >= 15 is 0 Å². The van der Waals surface area contributed by atoms with Gasteiger partial charge in [0.15, 0.2) is 0 Å². The van der Waals surface area contributed by atoms with Gasteiger partial charge < -0.3 is 9.47 Å². The molecule has 0 aromatic heterocycles. The fourth-order valence-corrected chi connectivity index (χ4v) is 1.21. The molecule has 0 radical (unpaired) electrons. The van der Waals surface area contributed by atoms with Gasteiger partial charge in [-0.05, 0) is 25.0 Å². The zero-order valence-electron chi connectivity index (χ0n) is 9.62. The molecule has 2 heteroatoms.